The maximum Gasteiger partial charge on any atom is 0.322 e. The Kier molecular flexibility index (Phi) is 5.35. The average Bonchev–Trinajstić information content (AvgIpc) is 3.42. The Morgan fingerprint density at radius 1 is 1.28 bits per heavy atom. The number of nitrogens with one attached hydrogen (secondary N) is 1. The van der Waals surface area contributed by atoms with Gasteiger partial charge in [-0.05, 0) is 42.5 Å². The third-order valence-electron chi connectivity index (χ3n) is 4.89. The molecule has 4 rings (SSSR count). The zero-order chi connectivity index (χ0) is 20.4. The van der Waals surface area contributed by atoms with E-state index < -0.39 is 6.04 Å². The van der Waals surface area contributed by atoms with Crippen LogP contribution in [-0.2, 0) is 0 Å². The number of urea groups is 1. The Balaban J connectivity index is 1.80. The van der Waals surface area contributed by atoms with Gasteiger partial charge in [0.2, 0.25) is 5.82 Å². The molecule has 0 saturated carbocycles. The molecular weight excluding hydrogens is 388 g/mol. The van der Waals surface area contributed by atoms with Gasteiger partial charge < -0.3 is 14.6 Å². The molecule has 1 aliphatic heterocycles. The second-order valence-electron chi connectivity index (χ2n) is 6.71. The molecule has 2 amide bonds. The van der Waals surface area contributed by atoms with Crippen LogP contribution in [0.15, 0.2) is 52.0 Å². The minimum atomic E-state index is -0.391. The predicted octanol–water partition coefficient (Wildman–Crippen LogP) is 4.71. The van der Waals surface area contributed by atoms with Crippen molar-refractivity contribution in [1.82, 2.24) is 20.4 Å². The van der Waals surface area contributed by atoms with Crippen LogP contribution in [0.1, 0.15) is 37.8 Å². The minimum Gasteiger partial charge on any atom is -0.497 e. The molecule has 1 aromatic carbocycles. The van der Waals surface area contributed by atoms with E-state index in [1.165, 1.54) is 0 Å². The smallest absolute Gasteiger partial charge is 0.322 e. The molecular formula is C21H22N4O3S. The number of methoxy groups -OCH3 is 1. The number of hydrogen-bond donors (Lipinski definition) is 1. The largest absolute Gasteiger partial charge is 0.497 e. The third-order valence-corrected chi connectivity index (χ3v) is 5.76. The number of rotatable bonds is 6. The highest BCUT2D eigenvalue weighted by Crippen LogP contribution is 2.38. The SMILES string of the molecule is CCCN1C(=O)NC(c2ccc(OC)cc2)C(c2nc(-c3cccs3)no2)=C1C. The molecule has 0 bridgehead atoms. The molecule has 0 radical (unpaired) electrons. The highest BCUT2D eigenvalue weighted by Gasteiger charge is 2.35. The van der Waals surface area contributed by atoms with E-state index in [4.69, 9.17) is 9.26 Å². The molecule has 29 heavy (non-hydrogen) atoms. The maximum absolute atomic E-state index is 12.8. The summed E-state index contributed by atoms with van der Waals surface area (Å²) in [6, 6.07) is 11.0. The molecule has 3 aromatic rings. The van der Waals surface area contributed by atoms with E-state index in [0.717, 1.165) is 33.9 Å². The van der Waals surface area contributed by atoms with Crippen LogP contribution in [0.5, 0.6) is 5.75 Å². The van der Waals surface area contributed by atoms with Gasteiger partial charge in [0, 0.05) is 12.2 Å². The Morgan fingerprint density at radius 3 is 2.72 bits per heavy atom. The number of hydrogen-bond acceptors (Lipinski definition) is 6. The molecule has 1 N–H and O–H groups in total. The molecule has 0 fully saturated rings. The lowest BCUT2D eigenvalue weighted by atomic mass is 9.94. The quantitative estimate of drug-likeness (QED) is 0.636. The number of ether oxygens (including phenoxy) is 1. The van der Waals surface area contributed by atoms with E-state index in [9.17, 15) is 4.79 Å². The van der Waals surface area contributed by atoms with Crippen molar-refractivity contribution in [2.24, 2.45) is 0 Å². The molecule has 3 heterocycles. The molecule has 150 valence electrons. The first-order valence-electron chi connectivity index (χ1n) is 9.43. The van der Waals surface area contributed by atoms with Crippen LogP contribution in [0.2, 0.25) is 0 Å². The average molecular weight is 410 g/mol. The first-order valence-corrected chi connectivity index (χ1v) is 10.3. The first-order chi connectivity index (χ1) is 14.1. The standard InChI is InChI=1S/C21H22N4O3S/c1-4-11-25-13(2)17(20-23-19(24-28-20)16-6-5-12-29-16)18(22-21(25)26)14-7-9-15(27-3)10-8-14/h5-10,12,18H,4,11H2,1-3H3,(H,22,26). The van der Waals surface area contributed by atoms with Gasteiger partial charge in [-0.25, -0.2) is 4.79 Å². The van der Waals surface area contributed by atoms with Gasteiger partial charge in [-0.15, -0.1) is 11.3 Å². The Bertz CT molecular complexity index is 1020. The molecule has 1 aliphatic rings. The van der Waals surface area contributed by atoms with E-state index in [0.29, 0.717) is 18.3 Å². The van der Waals surface area contributed by atoms with Crippen LogP contribution in [0.25, 0.3) is 16.3 Å². The minimum absolute atomic E-state index is 0.132. The maximum atomic E-state index is 12.8. The van der Waals surface area contributed by atoms with Crippen LogP contribution in [0.4, 0.5) is 4.79 Å². The van der Waals surface area contributed by atoms with Crippen molar-refractivity contribution < 1.29 is 14.1 Å². The van der Waals surface area contributed by atoms with Crippen LogP contribution >= 0.6 is 11.3 Å². The summed E-state index contributed by atoms with van der Waals surface area (Å²) >= 11 is 1.55. The fourth-order valence-corrected chi connectivity index (χ4v) is 4.09. The van der Waals surface area contributed by atoms with E-state index in [1.807, 2.05) is 55.6 Å². The molecule has 0 saturated heterocycles. The van der Waals surface area contributed by atoms with Crippen LogP contribution in [0, 0.1) is 0 Å². The van der Waals surface area contributed by atoms with Gasteiger partial charge >= 0.3 is 6.03 Å². The van der Waals surface area contributed by atoms with Crippen molar-refractivity contribution in [3.63, 3.8) is 0 Å². The summed E-state index contributed by atoms with van der Waals surface area (Å²) in [4.78, 5) is 20.1. The monoisotopic (exact) mass is 410 g/mol. The van der Waals surface area contributed by atoms with Crippen molar-refractivity contribution in [1.29, 1.82) is 0 Å². The van der Waals surface area contributed by atoms with Crippen molar-refractivity contribution in [3.05, 3.63) is 58.9 Å². The summed E-state index contributed by atoms with van der Waals surface area (Å²) in [5.74, 6) is 1.71. The Labute approximate surface area is 173 Å². The van der Waals surface area contributed by atoms with Gasteiger partial charge in [-0.1, -0.05) is 30.3 Å². The molecule has 0 spiro atoms. The number of benzene rings is 1. The number of amides is 2. The fraction of sp³-hybridized carbons (Fsp3) is 0.286. The number of thiophene rings is 1. The molecule has 2 aromatic heterocycles. The number of allylic oxidation sites excluding steroid dienone is 1. The van der Waals surface area contributed by atoms with E-state index >= 15 is 0 Å². The Morgan fingerprint density at radius 2 is 2.07 bits per heavy atom. The third kappa shape index (κ3) is 3.63. The highest BCUT2D eigenvalue weighted by atomic mass is 32.1. The normalized spacial score (nSPS) is 16.9. The van der Waals surface area contributed by atoms with Crippen LogP contribution in [-0.4, -0.2) is 34.7 Å². The molecule has 8 heteroatoms. The lowest BCUT2D eigenvalue weighted by molar-refractivity contribution is 0.205. The summed E-state index contributed by atoms with van der Waals surface area (Å²) in [6.07, 6.45) is 0.843. The number of carbonyl (C=O) groups is 1. The first kappa shape index (κ1) is 19.2. The van der Waals surface area contributed by atoms with Crippen molar-refractivity contribution in [3.8, 4) is 16.5 Å². The number of aromatic nitrogens is 2. The van der Waals surface area contributed by atoms with Crippen LogP contribution < -0.4 is 10.1 Å². The summed E-state index contributed by atoms with van der Waals surface area (Å²) in [7, 11) is 1.63. The summed E-state index contributed by atoms with van der Waals surface area (Å²) < 4.78 is 10.9. The van der Waals surface area contributed by atoms with Crippen molar-refractivity contribution in [2.45, 2.75) is 26.3 Å². The lowest BCUT2D eigenvalue weighted by Gasteiger charge is -2.35. The number of nitrogens with zero attached hydrogens (tertiary/aromatic N) is 3. The number of carbonyl (C=O) groups excluding carboxylic acids is 1. The lowest BCUT2D eigenvalue weighted by Crippen LogP contribution is -2.46. The van der Waals surface area contributed by atoms with Crippen molar-refractivity contribution in [2.75, 3.05) is 13.7 Å². The van der Waals surface area contributed by atoms with Gasteiger partial charge in [0.15, 0.2) is 0 Å². The molecule has 7 nitrogen and oxygen atoms in total. The van der Waals surface area contributed by atoms with Gasteiger partial charge in [0.05, 0.1) is 23.6 Å². The molecule has 1 unspecified atom stereocenters. The van der Waals surface area contributed by atoms with E-state index in [-0.39, 0.29) is 6.03 Å². The van der Waals surface area contributed by atoms with Gasteiger partial charge in [-0.3, -0.25) is 4.90 Å². The van der Waals surface area contributed by atoms with E-state index in [2.05, 4.69) is 15.5 Å². The predicted molar refractivity (Wildman–Crippen MR) is 111 cm³/mol. The Hall–Kier alpha value is -3.13. The zero-order valence-corrected chi connectivity index (χ0v) is 17.3. The van der Waals surface area contributed by atoms with Crippen LogP contribution in [0.3, 0.4) is 0 Å². The molecule has 0 aliphatic carbocycles. The van der Waals surface area contributed by atoms with Gasteiger partial charge in [0.25, 0.3) is 5.89 Å². The highest BCUT2D eigenvalue weighted by molar-refractivity contribution is 7.13. The topological polar surface area (TPSA) is 80.5 Å². The fourth-order valence-electron chi connectivity index (χ4n) is 3.44. The van der Waals surface area contributed by atoms with Crippen molar-refractivity contribution >= 4 is 22.9 Å². The summed E-state index contributed by atoms with van der Waals surface area (Å²) in [6.45, 7) is 4.58. The summed E-state index contributed by atoms with van der Waals surface area (Å²) in [5.41, 5.74) is 2.54. The second kappa shape index (κ2) is 8.08. The zero-order valence-electron chi connectivity index (χ0n) is 16.5. The van der Waals surface area contributed by atoms with Gasteiger partial charge in [0.1, 0.15) is 5.75 Å². The molecule has 1 atom stereocenters. The van der Waals surface area contributed by atoms with E-state index in [1.54, 1.807) is 23.3 Å². The second-order valence-corrected chi connectivity index (χ2v) is 7.65. The van der Waals surface area contributed by atoms with Gasteiger partial charge in [-0.2, -0.15) is 4.98 Å². The summed E-state index contributed by atoms with van der Waals surface area (Å²) in [5, 5.41) is 9.22.